The van der Waals surface area contributed by atoms with Crippen LogP contribution >= 0.6 is 43.2 Å². The second kappa shape index (κ2) is 9.64. The minimum Gasteiger partial charge on any atom is -0.457 e. The topological polar surface area (TPSA) is 152 Å². The number of piperazine rings is 2. The summed E-state index contributed by atoms with van der Waals surface area (Å²) in [6, 6.07) is 14.8. The molecule has 0 unspecified atom stereocenters. The van der Waals surface area contributed by atoms with Crippen molar-refractivity contribution in [3.8, 4) is 0 Å². The Hall–Kier alpha value is -3.25. The molecule has 2 aromatic carbocycles. The molecule has 266 valence electrons. The van der Waals surface area contributed by atoms with Gasteiger partial charge in [0.1, 0.15) is 18.4 Å². The summed E-state index contributed by atoms with van der Waals surface area (Å²) in [7, 11) is 8.18. The van der Waals surface area contributed by atoms with Gasteiger partial charge in [-0.15, -0.1) is 0 Å². The van der Waals surface area contributed by atoms with E-state index in [0.29, 0.717) is 35.3 Å². The lowest BCUT2D eigenvalue weighted by molar-refractivity contribution is -0.172. The van der Waals surface area contributed by atoms with Gasteiger partial charge in [-0.3, -0.25) is 33.8 Å². The number of amides is 4. The number of carbonyl (C=O) groups is 5. The molecule has 10 atom stereocenters. The second-order valence-corrected chi connectivity index (χ2v) is 19.7. The van der Waals surface area contributed by atoms with Crippen LogP contribution in [-0.2, 0) is 39.5 Å². The summed E-state index contributed by atoms with van der Waals surface area (Å²) in [5.74, 6) is -2.14. The van der Waals surface area contributed by atoms with Crippen LogP contribution in [0.15, 0.2) is 48.5 Å². The van der Waals surface area contributed by atoms with Crippen molar-refractivity contribution in [3.63, 3.8) is 0 Å². The van der Waals surface area contributed by atoms with E-state index < -0.39 is 72.6 Å². The van der Waals surface area contributed by atoms with Crippen LogP contribution in [0.25, 0.3) is 0 Å². The number of rotatable bonds is 4. The standard InChI is InChI=1S/C34H34N6O7S4/c1-6-29-25(43)39-23-31(17-12-8-10-14-19(17)35-23,21(42)33(39,50-48-29)27(45)37(29)4)32-18-13-9-11-15-20(18)36-24(32)40-26(44)30(7-2)38(5)28(46)34(40,51-49-30)22(32)47-16(3)41/h8-15,21-24,35-36,42H,6-7H2,1-5H3/t21-,22-,23+,24+,29-,30-,31+,32+,33-,34-/m0/s1. The molecule has 12 rings (SSSR count). The minimum atomic E-state index is -1.80. The molecule has 10 aliphatic heterocycles. The summed E-state index contributed by atoms with van der Waals surface area (Å²) in [5.41, 5.74) is -0.849. The van der Waals surface area contributed by atoms with Crippen LogP contribution in [0.3, 0.4) is 0 Å². The van der Waals surface area contributed by atoms with E-state index in [1.165, 1.54) is 59.9 Å². The van der Waals surface area contributed by atoms with Crippen LogP contribution in [0.1, 0.15) is 44.7 Å². The third kappa shape index (κ3) is 2.90. The maximum absolute atomic E-state index is 15.2. The zero-order chi connectivity index (χ0) is 35.8. The number of nitrogens with one attached hydrogen (secondary N) is 2. The van der Waals surface area contributed by atoms with Gasteiger partial charge in [-0.2, -0.15) is 0 Å². The monoisotopic (exact) mass is 766 g/mol. The number of hydrogen-bond acceptors (Lipinski definition) is 13. The number of aliphatic hydroxyl groups is 1. The van der Waals surface area contributed by atoms with Crippen molar-refractivity contribution in [1.29, 1.82) is 0 Å². The van der Waals surface area contributed by atoms with E-state index in [9.17, 15) is 14.7 Å². The molecular formula is C34H34N6O7S4. The zero-order valence-corrected chi connectivity index (χ0v) is 31.4. The highest BCUT2D eigenvalue weighted by molar-refractivity contribution is 8.78. The van der Waals surface area contributed by atoms with Crippen molar-refractivity contribution in [2.45, 2.75) is 88.5 Å². The normalized spacial score (nSPS) is 43.4. The number of anilines is 2. The van der Waals surface area contributed by atoms with Gasteiger partial charge in [0.2, 0.25) is 9.74 Å². The molecule has 0 radical (unpaired) electrons. The Balaban J connectivity index is 1.37. The van der Waals surface area contributed by atoms with Gasteiger partial charge in [0.15, 0.2) is 15.8 Å². The summed E-state index contributed by atoms with van der Waals surface area (Å²) >= 11 is 0. The number of aliphatic hydroxyl groups excluding tert-OH is 1. The lowest BCUT2D eigenvalue weighted by Crippen LogP contribution is -2.78. The first-order valence-electron chi connectivity index (χ1n) is 16.9. The summed E-state index contributed by atoms with van der Waals surface area (Å²) in [6.07, 6.45) is -4.47. The van der Waals surface area contributed by atoms with E-state index in [0.717, 1.165) is 0 Å². The van der Waals surface area contributed by atoms with E-state index in [-0.39, 0.29) is 11.8 Å². The Kier molecular flexibility index (Phi) is 6.13. The predicted octanol–water partition coefficient (Wildman–Crippen LogP) is 2.68. The smallest absolute Gasteiger partial charge is 0.303 e. The average molecular weight is 767 g/mol. The number of ether oxygens (including phenoxy) is 1. The number of hydrogen-bond donors (Lipinski definition) is 3. The highest BCUT2D eigenvalue weighted by Crippen LogP contribution is 2.79. The maximum atomic E-state index is 15.2. The van der Waals surface area contributed by atoms with Crippen molar-refractivity contribution in [3.05, 3.63) is 59.7 Å². The molecule has 4 amide bonds. The first-order chi connectivity index (χ1) is 24.3. The van der Waals surface area contributed by atoms with Crippen LogP contribution in [0.5, 0.6) is 0 Å². The Bertz CT molecular complexity index is 2060. The zero-order valence-electron chi connectivity index (χ0n) is 28.2. The molecule has 10 aliphatic rings. The summed E-state index contributed by atoms with van der Waals surface area (Å²) in [5, 5.41) is 20.8. The highest BCUT2D eigenvalue weighted by Gasteiger charge is 2.94. The molecule has 4 bridgehead atoms. The molecular weight excluding hydrogens is 733 g/mol. The van der Waals surface area contributed by atoms with Crippen molar-refractivity contribution in [1.82, 2.24) is 19.6 Å². The average Bonchev–Trinajstić information content (AvgIpc) is 3.78. The van der Waals surface area contributed by atoms with Crippen molar-refractivity contribution in [2.75, 3.05) is 24.7 Å². The van der Waals surface area contributed by atoms with Crippen molar-refractivity contribution >= 4 is 84.1 Å². The maximum Gasteiger partial charge on any atom is 0.303 e. The largest absolute Gasteiger partial charge is 0.457 e. The molecule has 8 fully saturated rings. The van der Waals surface area contributed by atoms with Crippen LogP contribution in [0.4, 0.5) is 11.4 Å². The third-order valence-corrected chi connectivity index (χ3v) is 20.5. The van der Waals surface area contributed by atoms with Gasteiger partial charge in [-0.1, -0.05) is 71.8 Å². The fourth-order valence-corrected chi connectivity index (χ4v) is 18.7. The minimum absolute atomic E-state index is 0.321. The van der Waals surface area contributed by atoms with Crippen molar-refractivity contribution < 1.29 is 33.8 Å². The molecule has 10 heterocycles. The van der Waals surface area contributed by atoms with Gasteiger partial charge in [-0.25, -0.2) is 0 Å². The van der Waals surface area contributed by atoms with Crippen LogP contribution in [-0.4, -0.2) is 112 Å². The molecule has 2 spiro atoms. The summed E-state index contributed by atoms with van der Waals surface area (Å²) < 4.78 is 6.53. The molecule has 3 N–H and O–H groups in total. The first kappa shape index (κ1) is 32.4. The Morgan fingerprint density at radius 2 is 1.18 bits per heavy atom. The lowest BCUT2D eigenvalue weighted by atomic mass is 9.52. The van der Waals surface area contributed by atoms with E-state index in [2.05, 4.69) is 10.6 Å². The number of esters is 1. The Morgan fingerprint density at radius 3 is 1.71 bits per heavy atom. The third-order valence-electron chi connectivity index (χ3n) is 12.9. The molecule has 51 heavy (non-hydrogen) atoms. The number of likely N-dealkylation sites (N-methyl/N-ethyl adjacent to an activating group) is 2. The lowest BCUT2D eigenvalue weighted by Gasteiger charge is -2.59. The molecule has 17 heteroatoms. The Labute approximate surface area is 309 Å². The second-order valence-electron chi connectivity index (χ2n) is 14.4. The fourth-order valence-electron chi connectivity index (χ4n) is 10.8. The number of nitrogens with zero attached hydrogens (tertiary/aromatic N) is 4. The van der Waals surface area contributed by atoms with E-state index >= 15 is 14.4 Å². The van der Waals surface area contributed by atoms with Crippen molar-refractivity contribution in [2.24, 2.45) is 0 Å². The number of carbonyl (C=O) groups excluding carboxylic acids is 5. The molecule has 2 aromatic rings. The SMILES string of the molecule is CC[C@@]12SS[C@]3(C(=O)N1C)[C@@H](O)[C@]1([C@@]45c6ccccc6N[C@@H]4N4C(=O)[C@]6(CC)SS[C@]4(C(=O)N6C)[C@H]5OC(C)=O)c4ccccc4N[C@@H]1N3C2=O. The molecule has 8 saturated heterocycles. The van der Waals surface area contributed by atoms with E-state index in [1.807, 2.05) is 62.4 Å². The summed E-state index contributed by atoms with van der Waals surface area (Å²) in [4.78, 5) is 73.8. The van der Waals surface area contributed by atoms with Gasteiger partial charge in [0.05, 0.1) is 10.8 Å². The van der Waals surface area contributed by atoms with Gasteiger partial charge in [0, 0.05) is 32.4 Å². The molecule has 0 aliphatic carbocycles. The number of benzene rings is 2. The quantitative estimate of drug-likeness (QED) is 0.310. The number of para-hydroxylation sites is 2. The fraction of sp³-hybridized carbons (Fsp3) is 0.500. The van der Waals surface area contributed by atoms with Crippen LogP contribution < -0.4 is 10.6 Å². The van der Waals surface area contributed by atoms with Crippen LogP contribution in [0.2, 0.25) is 0 Å². The van der Waals surface area contributed by atoms with E-state index in [4.69, 9.17) is 4.74 Å². The first-order valence-corrected chi connectivity index (χ1v) is 21.2. The predicted molar refractivity (Wildman–Crippen MR) is 194 cm³/mol. The van der Waals surface area contributed by atoms with Crippen LogP contribution in [0, 0.1) is 0 Å². The number of fused-ring (bicyclic) bond motifs is 11. The Morgan fingerprint density at radius 1 is 0.725 bits per heavy atom. The van der Waals surface area contributed by atoms with Gasteiger partial charge in [-0.05, 0) is 57.7 Å². The molecule has 0 saturated carbocycles. The molecule has 0 aromatic heterocycles. The molecule has 13 nitrogen and oxygen atoms in total. The van der Waals surface area contributed by atoms with Gasteiger partial charge < -0.3 is 30.3 Å². The highest BCUT2D eigenvalue weighted by atomic mass is 33.1. The van der Waals surface area contributed by atoms with Gasteiger partial charge >= 0.3 is 5.97 Å². The van der Waals surface area contributed by atoms with Gasteiger partial charge in [0.25, 0.3) is 23.6 Å². The van der Waals surface area contributed by atoms with E-state index in [1.54, 1.807) is 23.9 Å². The summed E-state index contributed by atoms with van der Waals surface area (Å²) in [6.45, 7) is 5.00.